The van der Waals surface area contributed by atoms with Gasteiger partial charge in [-0.05, 0) is 22.9 Å². The van der Waals surface area contributed by atoms with E-state index in [0.29, 0.717) is 26.4 Å². The number of rotatable bonds is 5. The molecule has 3 rings (SSSR count). The Hall–Kier alpha value is -1.20. The van der Waals surface area contributed by atoms with Crippen LogP contribution in [0.25, 0.3) is 5.13 Å². The van der Waals surface area contributed by atoms with Gasteiger partial charge in [0.25, 0.3) is 5.92 Å². The SMILES string of the molecule is COC(=O)c1c(Br)c(C)nn1-c1nc(N2CCC(F)(F)CC2)c(SC(C)C)s1. The van der Waals surface area contributed by atoms with Crippen molar-refractivity contribution < 1.29 is 18.3 Å². The van der Waals surface area contributed by atoms with Crippen LogP contribution in [0.2, 0.25) is 0 Å². The third-order valence-corrected chi connectivity index (χ3v) is 7.42. The summed E-state index contributed by atoms with van der Waals surface area (Å²) in [6.45, 7) is 6.39. The molecule has 0 atom stereocenters. The zero-order valence-electron chi connectivity index (χ0n) is 16.0. The number of halogens is 3. The number of hydrogen-bond donors (Lipinski definition) is 0. The number of anilines is 1. The summed E-state index contributed by atoms with van der Waals surface area (Å²) in [5.41, 5.74) is 0.888. The van der Waals surface area contributed by atoms with Crippen molar-refractivity contribution in [3.8, 4) is 5.13 Å². The zero-order valence-corrected chi connectivity index (χ0v) is 19.2. The van der Waals surface area contributed by atoms with Crippen LogP contribution in [-0.2, 0) is 4.74 Å². The minimum atomic E-state index is -2.62. The van der Waals surface area contributed by atoms with Crippen LogP contribution in [0.15, 0.2) is 8.68 Å². The van der Waals surface area contributed by atoms with Crippen molar-refractivity contribution in [1.82, 2.24) is 14.8 Å². The standard InChI is InChI=1S/C17H21BrF2N4O2S2/c1-9(2)27-15-13(23-7-5-17(19,20)6-8-23)21-16(28-15)24-12(14(25)26-4)11(18)10(3)22-24/h9H,5-8H2,1-4H3. The minimum absolute atomic E-state index is 0.189. The topological polar surface area (TPSA) is 60.2 Å². The van der Waals surface area contributed by atoms with Gasteiger partial charge in [0, 0.05) is 31.2 Å². The van der Waals surface area contributed by atoms with E-state index in [1.807, 2.05) is 4.90 Å². The normalized spacial score (nSPS) is 16.6. The average Bonchev–Trinajstić information content (AvgIpc) is 3.15. The molecule has 0 bridgehead atoms. The second kappa shape index (κ2) is 8.27. The predicted octanol–water partition coefficient (Wildman–Crippen LogP) is 4.92. The molecular formula is C17H21BrF2N4O2S2. The van der Waals surface area contributed by atoms with Crippen LogP contribution in [0.4, 0.5) is 14.6 Å². The molecule has 0 radical (unpaired) electrons. The molecule has 1 aliphatic heterocycles. The van der Waals surface area contributed by atoms with Crippen LogP contribution in [0.5, 0.6) is 0 Å². The molecule has 3 heterocycles. The highest BCUT2D eigenvalue weighted by Gasteiger charge is 2.36. The van der Waals surface area contributed by atoms with Gasteiger partial charge in [-0.2, -0.15) is 14.8 Å². The van der Waals surface area contributed by atoms with Crippen LogP contribution < -0.4 is 4.90 Å². The number of ether oxygens (including phenoxy) is 1. The lowest BCUT2D eigenvalue weighted by Gasteiger charge is -2.32. The summed E-state index contributed by atoms with van der Waals surface area (Å²) < 4.78 is 35.0. The Balaban J connectivity index is 2.03. The van der Waals surface area contributed by atoms with Gasteiger partial charge >= 0.3 is 5.97 Å². The number of esters is 1. The molecule has 1 fully saturated rings. The number of aryl methyl sites for hydroxylation is 1. The number of thioether (sulfide) groups is 1. The van der Waals surface area contributed by atoms with Crippen molar-refractivity contribution in [2.24, 2.45) is 0 Å². The second-order valence-electron chi connectivity index (χ2n) is 6.77. The summed E-state index contributed by atoms with van der Waals surface area (Å²) in [5.74, 6) is -2.47. The fourth-order valence-electron chi connectivity index (χ4n) is 2.83. The van der Waals surface area contributed by atoms with E-state index in [0.717, 1.165) is 4.21 Å². The number of carbonyl (C=O) groups excluding carboxylic acids is 1. The Labute approximate surface area is 178 Å². The van der Waals surface area contributed by atoms with Crippen LogP contribution in [-0.4, -0.2) is 52.1 Å². The van der Waals surface area contributed by atoms with Gasteiger partial charge in [0.15, 0.2) is 11.5 Å². The number of hydrogen-bond acceptors (Lipinski definition) is 7. The summed E-state index contributed by atoms with van der Waals surface area (Å²) in [7, 11) is 1.31. The molecule has 0 unspecified atom stereocenters. The Morgan fingerprint density at radius 1 is 1.36 bits per heavy atom. The average molecular weight is 495 g/mol. The molecule has 0 amide bonds. The predicted molar refractivity (Wildman–Crippen MR) is 110 cm³/mol. The van der Waals surface area contributed by atoms with Crippen molar-refractivity contribution in [3.05, 3.63) is 15.9 Å². The number of methoxy groups -OCH3 is 1. The van der Waals surface area contributed by atoms with Crippen molar-refractivity contribution in [3.63, 3.8) is 0 Å². The second-order valence-corrected chi connectivity index (χ2v) is 10.4. The third-order valence-electron chi connectivity index (χ3n) is 4.25. The summed E-state index contributed by atoms with van der Waals surface area (Å²) in [6, 6.07) is 0. The molecule has 2 aromatic rings. The van der Waals surface area contributed by atoms with Crippen molar-refractivity contribution >= 4 is 50.8 Å². The van der Waals surface area contributed by atoms with E-state index in [4.69, 9.17) is 4.74 Å². The fourth-order valence-corrected chi connectivity index (χ4v) is 5.73. The molecule has 6 nitrogen and oxygen atoms in total. The number of nitrogens with zero attached hydrogens (tertiary/aromatic N) is 4. The van der Waals surface area contributed by atoms with Gasteiger partial charge in [-0.3, -0.25) is 0 Å². The molecule has 0 N–H and O–H groups in total. The lowest BCUT2D eigenvalue weighted by atomic mass is 10.1. The summed E-state index contributed by atoms with van der Waals surface area (Å²) in [6.07, 6.45) is -0.378. The number of piperidine rings is 1. The number of thiazole rings is 1. The summed E-state index contributed by atoms with van der Waals surface area (Å²) in [5, 5.41) is 5.22. The van der Waals surface area contributed by atoms with Gasteiger partial charge in [0.05, 0.1) is 17.3 Å². The molecular weight excluding hydrogens is 474 g/mol. The highest BCUT2D eigenvalue weighted by atomic mass is 79.9. The lowest BCUT2D eigenvalue weighted by Crippen LogP contribution is -2.39. The van der Waals surface area contributed by atoms with Crippen molar-refractivity contribution in [1.29, 1.82) is 0 Å². The molecule has 28 heavy (non-hydrogen) atoms. The molecule has 11 heteroatoms. The molecule has 0 saturated carbocycles. The monoisotopic (exact) mass is 494 g/mol. The van der Waals surface area contributed by atoms with Crippen molar-refractivity contribution in [2.75, 3.05) is 25.1 Å². The van der Waals surface area contributed by atoms with Crippen molar-refractivity contribution in [2.45, 2.75) is 49.0 Å². The van der Waals surface area contributed by atoms with Crippen LogP contribution in [0, 0.1) is 6.92 Å². The Bertz CT molecular complexity index is 875. The fraction of sp³-hybridized carbons (Fsp3) is 0.588. The summed E-state index contributed by atoms with van der Waals surface area (Å²) in [4.78, 5) is 18.8. The number of alkyl halides is 2. The molecule has 0 aromatic carbocycles. The van der Waals surface area contributed by atoms with Gasteiger partial charge in [-0.1, -0.05) is 25.2 Å². The number of carbonyl (C=O) groups is 1. The Morgan fingerprint density at radius 3 is 2.57 bits per heavy atom. The maximum Gasteiger partial charge on any atom is 0.358 e. The minimum Gasteiger partial charge on any atom is -0.464 e. The van der Waals surface area contributed by atoms with Gasteiger partial charge in [0.1, 0.15) is 4.21 Å². The van der Waals surface area contributed by atoms with E-state index in [-0.39, 0.29) is 31.6 Å². The van der Waals surface area contributed by atoms with Crippen LogP contribution in [0.1, 0.15) is 42.9 Å². The maximum atomic E-state index is 13.6. The lowest BCUT2D eigenvalue weighted by molar-refractivity contribution is -0.0222. The first kappa shape index (κ1) is 21.5. The summed E-state index contributed by atoms with van der Waals surface area (Å²) >= 11 is 6.40. The van der Waals surface area contributed by atoms with E-state index >= 15 is 0 Å². The van der Waals surface area contributed by atoms with E-state index < -0.39 is 11.9 Å². The van der Waals surface area contributed by atoms with Gasteiger partial charge < -0.3 is 9.64 Å². The molecule has 1 aliphatic rings. The molecule has 0 aliphatic carbocycles. The van der Waals surface area contributed by atoms with E-state index in [1.54, 1.807) is 18.7 Å². The first-order valence-corrected chi connectivity index (χ1v) is 11.3. The van der Waals surface area contributed by atoms with E-state index in [9.17, 15) is 13.6 Å². The quantitative estimate of drug-likeness (QED) is 0.434. The maximum absolute atomic E-state index is 13.6. The number of aromatic nitrogens is 3. The molecule has 154 valence electrons. The van der Waals surface area contributed by atoms with Gasteiger partial charge in [0.2, 0.25) is 5.13 Å². The van der Waals surface area contributed by atoms with Gasteiger partial charge in [-0.25, -0.2) is 13.6 Å². The Morgan fingerprint density at radius 2 is 2.00 bits per heavy atom. The molecule has 2 aromatic heterocycles. The Kier molecular flexibility index (Phi) is 6.35. The molecule has 1 saturated heterocycles. The third kappa shape index (κ3) is 4.35. The van der Waals surface area contributed by atoms with Crippen LogP contribution >= 0.6 is 39.0 Å². The van der Waals surface area contributed by atoms with E-state index in [1.165, 1.54) is 23.1 Å². The van der Waals surface area contributed by atoms with Gasteiger partial charge in [-0.15, -0.1) is 11.8 Å². The largest absolute Gasteiger partial charge is 0.464 e. The first-order valence-electron chi connectivity index (χ1n) is 8.77. The zero-order chi connectivity index (χ0) is 20.6. The smallest absolute Gasteiger partial charge is 0.358 e. The van der Waals surface area contributed by atoms with E-state index in [2.05, 4.69) is 39.9 Å². The first-order chi connectivity index (χ1) is 13.1. The van der Waals surface area contributed by atoms with Crippen LogP contribution in [0.3, 0.4) is 0 Å². The highest BCUT2D eigenvalue weighted by molar-refractivity contribution is 9.10. The highest BCUT2D eigenvalue weighted by Crippen LogP contribution is 2.42. The molecule has 0 spiro atoms.